The first-order valence-electron chi connectivity index (χ1n) is 5.44. The summed E-state index contributed by atoms with van der Waals surface area (Å²) < 4.78 is 0. The average Bonchev–Trinajstić information content (AvgIpc) is 2.33. The minimum atomic E-state index is 0.711. The number of benzene rings is 2. The second-order valence-electron chi connectivity index (χ2n) is 3.81. The first kappa shape index (κ1) is 10.9. The number of nitrogens with two attached hydrogens (primary N) is 1. The van der Waals surface area contributed by atoms with Crippen LogP contribution in [0.2, 0.25) is 0 Å². The summed E-state index contributed by atoms with van der Waals surface area (Å²) in [5.74, 6) is 5.37. The van der Waals surface area contributed by atoms with Crippen molar-refractivity contribution in [2.75, 3.05) is 0 Å². The number of nitrogens with one attached hydrogen (secondary N) is 1. The lowest BCUT2D eigenvalue weighted by Gasteiger charge is -2.08. The van der Waals surface area contributed by atoms with E-state index < -0.39 is 0 Å². The predicted molar refractivity (Wildman–Crippen MR) is 66.7 cm³/mol. The minimum absolute atomic E-state index is 0.711. The highest BCUT2D eigenvalue weighted by molar-refractivity contribution is 5.32. The van der Waals surface area contributed by atoms with Crippen molar-refractivity contribution in [3.05, 3.63) is 71.3 Å². The van der Waals surface area contributed by atoms with Crippen LogP contribution in [0, 0.1) is 0 Å². The van der Waals surface area contributed by atoms with Crippen LogP contribution in [0.3, 0.4) is 0 Å². The van der Waals surface area contributed by atoms with E-state index in [1.165, 1.54) is 16.7 Å². The Kier molecular flexibility index (Phi) is 3.70. The second-order valence-corrected chi connectivity index (χ2v) is 3.81. The molecular formula is C14H16N2. The Hall–Kier alpha value is -1.64. The lowest BCUT2D eigenvalue weighted by Crippen LogP contribution is -2.21. The molecule has 0 aliphatic rings. The molecule has 3 N–H and O–H groups in total. The van der Waals surface area contributed by atoms with E-state index in [0.29, 0.717) is 6.54 Å². The van der Waals surface area contributed by atoms with E-state index in [0.717, 1.165) is 6.42 Å². The Morgan fingerprint density at radius 1 is 0.812 bits per heavy atom. The van der Waals surface area contributed by atoms with Gasteiger partial charge in [-0.15, -0.1) is 0 Å². The van der Waals surface area contributed by atoms with Gasteiger partial charge in [-0.25, -0.2) is 0 Å². The summed E-state index contributed by atoms with van der Waals surface area (Å²) in [7, 11) is 0. The average molecular weight is 212 g/mol. The second kappa shape index (κ2) is 5.45. The Bertz CT molecular complexity index is 437. The van der Waals surface area contributed by atoms with Gasteiger partial charge in [0, 0.05) is 6.54 Å². The minimum Gasteiger partial charge on any atom is -0.271 e. The summed E-state index contributed by atoms with van der Waals surface area (Å²) in [6, 6.07) is 18.8. The molecule has 0 radical (unpaired) electrons. The smallest absolute Gasteiger partial charge is 0.0351 e. The van der Waals surface area contributed by atoms with Gasteiger partial charge < -0.3 is 0 Å². The lowest BCUT2D eigenvalue weighted by atomic mass is 10.00. The third kappa shape index (κ3) is 2.69. The Balaban J connectivity index is 2.21. The normalized spacial score (nSPS) is 10.3. The molecule has 0 fully saturated rings. The number of hydrogen-bond acceptors (Lipinski definition) is 2. The van der Waals surface area contributed by atoms with Crippen LogP contribution in [-0.4, -0.2) is 0 Å². The van der Waals surface area contributed by atoms with E-state index >= 15 is 0 Å². The van der Waals surface area contributed by atoms with Crippen LogP contribution in [0.1, 0.15) is 16.7 Å². The van der Waals surface area contributed by atoms with E-state index in [9.17, 15) is 0 Å². The number of rotatable bonds is 4. The van der Waals surface area contributed by atoms with E-state index in [-0.39, 0.29) is 0 Å². The third-order valence-corrected chi connectivity index (χ3v) is 2.65. The summed E-state index contributed by atoms with van der Waals surface area (Å²) in [5, 5.41) is 0. The molecule has 0 aliphatic carbocycles. The first-order chi connectivity index (χ1) is 7.90. The van der Waals surface area contributed by atoms with Gasteiger partial charge in [0.25, 0.3) is 0 Å². The topological polar surface area (TPSA) is 38.0 Å². The van der Waals surface area contributed by atoms with Crippen molar-refractivity contribution in [3.8, 4) is 0 Å². The molecule has 2 aromatic rings. The van der Waals surface area contributed by atoms with Crippen LogP contribution in [-0.2, 0) is 13.0 Å². The highest BCUT2D eigenvalue weighted by Crippen LogP contribution is 2.13. The van der Waals surface area contributed by atoms with Crippen molar-refractivity contribution in [3.63, 3.8) is 0 Å². The third-order valence-electron chi connectivity index (χ3n) is 2.65. The Morgan fingerprint density at radius 2 is 1.44 bits per heavy atom. The molecular weight excluding hydrogens is 196 g/mol. The van der Waals surface area contributed by atoms with E-state index in [2.05, 4.69) is 47.9 Å². The van der Waals surface area contributed by atoms with Crippen LogP contribution >= 0.6 is 0 Å². The van der Waals surface area contributed by atoms with Crippen molar-refractivity contribution in [2.45, 2.75) is 13.0 Å². The number of hydrazine groups is 1. The fourth-order valence-electron chi connectivity index (χ4n) is 1.83. The molecule has 0 atom stereocenters. The molecule has 82 valence electrons. The summed E-state index contributed by atoms with van der Waals surface area (Å²) in [6.07, 6.45) is 0.957. The summed E-state index contributed by atoms with van der Waals surface area (Å²) >= 11 is 0. The van der Waals surface area contributed by atoms with Gasteiger partial charge in [0.15, 0.2) is 0 Å². The molecule has 0 saturated carbocycles. The zero-order valence-corrected chi connectivity index (χ0v) is 9.19. The first-order valence-corrected chi connectivity index (χ1v) is 5.44. The van der Waals surface area contributed by atoms with E-state index in [4.69, 9.17) is 5.84 Å². The number of hydrogen-bond donors (Lipinski definition) is 2. The van der Waals surface area contributed by atoms with Gasteiger partial charge in [-0.1, -0.05) is 54.6 Å². The van der Waals surface area contributed by atoms with Gasteiger partial charge in [0.2, 0.25) is 0 Å². The van der Waals surface area contributed by atoms with Gasteiger partial charge in [-0.05, 0) is 23.1 Å². The quantitative estimate of drug-likeness (QED) is 0.602. The highest BCUT2D eigenvalue weighted by atomic mass is 15.2. The van der Waals surface area contributed by atoms with Crippen molar-refractivity contribution < 1.29 is 0 Å². The molecule has 0 aliphatic heterocycles. The van der Waals surface area contributed by atoms with E-state index in [1.54, 1.807) is 0 Å². The molecule has 0 spiro atoms. The Labute approximate surface area is 96.1 Å². The lowest BCUT2D eigenvalue weighted by molar-refractivity contribution is 0.735. The zero-order chi connectivity index (χ0) is 11.2. The fourth-order valence-corrected chi connectivity index (χ4v) is 1.83. The molecule has 16 heavy (non-hydrogen) atoms. The maximum Gasteiger partial charge on any atom is 0.0351 e. The van der Waals surface area contributed by atoms with Crippen molar-refractivity contribution in [1.82, 2.24) is 5.43 Å². The van der Waals surface area contributed by atoms with Crippen LogP contribution in [0.5, 0.6) is 0 Å². The van der Waals surface area contributed by atoms with Crippen molar-refractivity contribution in [2.24, 2.45) is 5.84 Å². The predicted octanol–water partition coefficient (Wildman–Crippen LogP) is 2.24. The van der Waals surface area contributed by atoms with Gasteiger partial charge in [0.1, 0.15) is 0 Å². The Morgan fingerprint density at radius 3 is 2.12 bits per heavy atom. The largest absolute Gasteiger partial charge is 0.271 e. The van der Waals surface area contributed by atoms with Crippen LogP contribution < -0.4 is 11.3 Å². The van der Waals surface area contributed by atoms with Gasteiger partial charge >= 0.3 is 0 Å². The molecule has 0 amide bonds. The van der Waals surface area contributed by atoms with Crippen LogP contribution in [0.25, 0.3) is 0 Å². The molecule has 0 aromatic heterocycles. The molecule has 0 heterocycles. The van der Waals surface area contributed by atoms with Crippen LogP contribution in [0.4, 0.5) is 0 Å². The van der Waals surface area contributed by atoms with Gasteiger partial charge in [0.05, 0.1) is 0 Å². The van der Waals surface area contributed by atoms with Crippen LogP contribution in [0.15, 0.2) is 54.6 Å². The molecule has 2 rings (SSSR count). The summed E-state index contributed by atoms with van der Waals surface area (Å²) in [6.45, 7) is 0.711. The molecule has 0 bridgehead atoms. The molecule has 2 aromatic carbocycles. The monoisotopic (exact) mass is 212 g/mol. The standard InChI is InChI=1S/C14H16N2/c15-16-11-14-9-5-4-8-13(14)10-12-6-2-1-3-7-12/h1-9,16H,10-11,15H2. The molecule has 2 heteroatoms. The summed E-state index contributed by atoms with van der Waals surface area (Å²) in [5.41, 5.74) is 6.62. The van der Waals surface area contributed by atoms with Crippen molar-refractivity contribution >= 4 is 0 Å². The van der Waals surface area contributed by atoms with Gasteiger partial charge in [-0.2, -0.15) is 0 Å². The molecule has 0 unspecified atom stereocenters. The van der Waals surface area contributed by atoms with E-state index in [1.807, 2.05) is 12.1 Å². The molecule has 0 saturated heterocycles. The van der Waals surface area contributed by atoms with Crippen molar-refractivity contribution in [1.29, 1.82) is 0 Å². The maximum absolute atomic E-state index is 5.37. The fraction of sp³-hybridized carbons (Fsp3) is 0.143. The SMILES string of the molecule is NNCc1ccccc1Cc1ccccc1. The highest BCUT2D eigenvalue weighted by Gasteiger charge is 2.01. The zero-order valence-electron chi connectivity index (χ0n) is 9.19. The maximum atomic E-state index is 5.37. The summed E-state index contributed by atoms with van der Waals surface area (Å²) in [4.78, 5) is 0. The molecule has 2 nitrogen and oxygen atoms in total. The van der Waals surface area contributed by atoms with Gasteiger partial charge in [-0.3, -0.25) is 11.3 Å².